The molecule has 1 saturated heterocycles. The van der Waals surface area contributed by atoms with Crippen molar-refractivity contribution in [1.29, 1.82) is 0 Å². The van der Waals surface area contributed by atoms with Crippen LogP contribution in [0.15, 0.2) is 42.5 Å². The Balaban J connectivity index is 1.51. The van der Waals surface area contributed by atoms with Crippen LogP contribution >= 0.6 is 11.6 Å². The van der Waals surface area contributed by atoms with Crippen LogP contribution in [0, 0.1) is 0 Å². The average molecular weight is 398 g/mol. The zero-order valence-corrected chi connectivity index (χ0v) is 16.0. The highest BCUT2D eigenvalue weighted by molar-refractivity contribution is 6.30. The molecular weight excluding hydrogens is 378 g/mol. The van der Waals surface area contributed by atoms with Gasteiger partial charge in [-0.1, -0.05) is 23.7 Å². The maximum absolute atomic E-state index is 12.7. The van der Waals surface area contributed by atoms with E-state index in [-0.39, 0.29) is 17.5 Å². The van der Waals surface area contributed by atoms with Crippen LogP contribution in [0.3, 0.4) is 0 Å². The maximum Gasteiger partial charge on any atom is 0.258 e. The lowest BCUT2D eigenvalue weighted by Crippen LogP contribution is -2.36. The topological polar surface area (TPSA) is 78.5 Å². The smallest absolute Gasteiger partial charge is 0.258 e. The van der Waals surface area contributed by atoms with E-state index >= 15 is 0 Å². The summed E-state index contributed by atoms with van der Waals surface area (Å²) in [6.45, 7) is 2.39. The van der Waals surface area contributed by atoms with Crippen LogP contribution in [0.2, 0.25) is 5.02 Å². The van der Waals surface area contributed by atoms with Crippen molar-refractivity contribution < 1.29 is 14.4 Å². The number of amides is 3. The summed E-state index contributed by atoms with van der Waals surface area (Å²) in [7, 11) is 0. The minimum absolute atomic E-state index is 0.0319. The average Bonchev–Trinajstić information content (AvgIpc) is 3.30. The first-order valence-electron chi connectivity index (χ1n) is 9.30. The molecule has 28 heavy (non-hydrogen) atoms. The minimum Gasteiger partial charge on any atom is -0.350 e. The fourth-order valence-electron chi connectivity index (χ4n) is 3.83. The number of hydrogen-bond acceptors (Lipinski definition) is 4. The van der Waals surface area contributed by atoms with E-state index in [0.29, 0.717) is 22.7 Å². The Morgan fingerprint density at radius 3 is 2.57 bits per heavy atom. The summed E-state index contributed by atoms with van der Waals surface area (Å²) in [5.41, 5.74) is 1.96. The fraction of sp³-hybridized carbons (Fsp3) is 0.286. The fourth-order valence-corrected chi connectivity index (χ4v) is 4.02. The first kappa shape index (κ1) is 18.7. The standard InChI is InChI=1S/C21H20ClN3O3/c22-15-5-3-4-13(10-15)18(25-8-1-2-9-25)12-23-19(26)14-6-7-16-17(11-14)21(28)24-20(16)27/h3-7,10-11,18H,1-2,8-9,12H2,(H,23,26)(H,24,27,28). The number of hydrogen-bond donors (Lipinski definition) is 2. The van der Waals surface area contributed by atoms with Gasteiger partial charge in [0.1, 0.15) is 0 Å². The summed E-state index contributed by atoms with van der Waals surface area (Å²) >= 11 is 6.16. The van der Waals surface area contributed by atoms with E-state index in [9.17, 15) is 14.4 Å². The maximum atomic E-state index is 12.7. The highest BCUT2D eigenvalue weighted by atomic mass is 35.5. The van der Waals surface area contributed by atoms with Crippen LogP contribution in [0.4, 0.5) is 0 Å². The van der Waals surface area contributed by atoms with Gasteiger partial charge in [-0.2, -0.15) is 0 Å². The number of carbonyl (C=O) groups is 3. The summed E-state index contributed by atoms with van der Waals surface area (Å²) in [6, 6.07) is 12.3. The van der Waals surface area contributed by atoms with E-state index < -0.39 is 11.8 Å². The second-order valence-corrected chi connectivity index (χ2v) is 7.50. The Bertz CT molecular complexity index is 954. The van der Waals surface area contributed by atoms with Gasteiger partial charge in [-0.25, -0.2) is 0 Å². The number of nitrogens with zero attached hydrogens (tertiary/aromatic N) is 1. The van der Waals surface area contributed by atoms with Crippen LogP contribution in [0.5, 0.6) is 0 Å². The molecule has 0 radical (unpaired) electrons. The van der Waals surface area contributed by atoms with E-state index in [4.69, 9.17) is 11.6 Å². The summed E-state index contributed by atoms with van der Waals surface area (Å²) in [4.78, 5) is 38.5. The number of likely N-dealkylation sites (tertiary alicyclic amines) is 1. The number of halogens is 1. The highest BCUT2D eigenvalue weighted by Gasteiger charge is 2.28. The second kappa shape index (κ2) is 7.73. The molecule has 2 aliphatic rings. The van der Waals surface area contributed by atoms with E-state index in [1.54, 1.807) is 6.07 Å². The van der Waals surface area contributed by atoms with Crippen molar-refractivity contribution in [2.45, 2.75) is 18.9 Å². The van der Waals surface area contributed by atoms with Gasteiger partial charge in [0.2, 0.25) is 0 Å². The SMILES string of the molecule is O=C(NCC(c1cccc(Cl)c1)N1CCCC1)c1ccc2c(c1)C(=O)NC2=O. The first-order chi connectivity index (χ1) is 13.5. The van der Waals surface area contributed by atoms with E-state index in [1.807, 2.05) is 24.3 Å². The van der Waals surface area contributed by atoms with Crippen LogP contribution in [0.25, 0.3) is 0 Å². The number of nitrogens with one attached hydrogen (secondary N) is 2. The molecule has 2 N–H and O–H groups in total. The molecule has 0 bridgehead atoms. The molecule has 1 fully saturated rings. The Morgan fingerprint density at radius 2 is 1.82 bits per heavy atom. The molecule has 0 saturated carbocycles. The number of rotatable bonds is 5. The third-order valence-electron chi connectivity index (χ3n) is 5.27. The zero-order valence-electron chi connectivity index (χ0n) is 15.2. The normalized spacial score (nSPS) is 17.3. The molecule has 2 aromatic carbocycles. The van der Waals surface area contributed by atoms with Gasteiger partial charge in [0, 0.05) is 17.1 Å². The molecule has 0 spiro atoms. The van der Waals surface area contributed by atoms with Gasteiger partial charge in [0.05, 0.1) is 17.2 Å². The number of imide groups is 1. The molecule has 2 heterocycles. The van der Waals surface area contributed by atoms with E-state index in [1.165, 1.54) is 12.1 Å². The molecule has 1 atom stereocenters. The van der Waals surface area contributed by atoms with E-state index in [2.05, 4.69) is 15.5 Å². The molecule has 1 unspecified atom stereocenters. The molecule has 2 aliphatic heterocycles. The van der Waals surface area contributed by atoms with Crippen molar-refractivity contribution >= 4 is 29.3 Å². The second-order valence-electron chi connectivity index (χ2n) is 7.07. The number of fused-ring (bicyclic) bond motifs is 1. The molecule has 0 aliphatic carbocycles. The van der Waals surface area contributed by atoms with Gasteiger partial charge in [-0.15, -0.1) is 0 Å². The molecule has 6 nitrogen and oxygen atoms in total. The van der Waals surface area contributed by atoms with Crippen molar-refractivity contribution in [3.8, 4) is 0 Å². The Kier molecular flexibility index (Phi) is 5.15. The van der Waals surface area contributed by atoms with Crippen LogP contribution in [-0.2, 0) is 0 Å². The monoisotopic (exact) mass is 397 g/mol. The molecule has 2 aromatic rings. The van der Waals surface area contributed by atoms with E-state index in [0.717, 1.165) is 31.5 Å². The molecule has 4 rings (SSSR count). The van der Waals surface area contributed by atoms with Crippen molar-refractivity contribution in [2.24, 2.45) is 0 Å². The predicted molar refractivity (Wildman–Crippen MR) is 106 cm³/mol. The minimum atomic E-state index is -0.469. The Labute approximate surface area is 167 Å². The van der Waals surface area contributed by atoms with Gasteiger partial charge in [0.25, 0.3) is 17.7 Å². The van der Waals surface area contributed by atoms with Crippen molar-refractivity contribution in [2.75, 3.05) is 19.6 Å². The molecular formula is C21H20ClN3O3. The molecule has 0 aromatic heterocycles. The lowest BCUT2D eigenvalue weighted by Gasteiger charge is -2.28. The molecule has 144 valence electrons. The quantitative estimate of drug-likeness (QED) is 0.760. The van der Waals surface area contributed by atoms with Gasteiger partial charge in [-0.05, 0) is 61.8 Å². The van der Waals surface area contributed by atoms with Gasteiger partial charge in [-0.3, -0.25) is 24.6 Å². The van der Waals surface area contributed by atoms with Crippen molar-refractivity contribution in [1.82, 2.24) is 15.5 Å². The highest BCUT2D eigenvalue weighted by Crippen LogP contribution is 2.26. The van der Waals surface area contributed by atoms with Crippen LogP contribution < -0.4 is 10.6 Å². The van der Waals surface area contributed by atoms with Crippen molar-refractivity contribution in [3.63, 3.8) is 0 Å². The summed E-state index contributed by atoms with van der Waals surface area (Å²) in [5, 5.41) is 5.87. The lowest BCUT2D eigenvalue weighted by molar-refractivity contribution is 0.0878. The van der Waals surface area contributed by atoms with Gasteiger partial charge >= 0.3 is 0 Å². The Morgan fingerprint density at radius 1 is 1.07 bits per heavy atom. The van der Waals surface area contributed by atoms with Crippen molar-refractivity contribution in [3.05, 3.63) is 69.7 Å². The Hall–Kier alpha value is -2.70. The largest absolute Gasteiger partial charge is 0.350 e. The number of benzene rings is 2. The predicted octanol–water partition coefficient (Wildman–Crippen LogP) is 2.79. The molecule has 3 amide bonds. The van der Waals surface area contributed by atoms with Crippen LogP contribution in [-0.4, -0.2) is 42.3 Å². The lowest BCUT2D eigenvalue weighted by atomic mass is 10.0. The summed E-state index contributed by atoms with van der Waals surface area (Å²) in [5.74, 6) is -1.17. The van der Waals surface area contributed by atoms with Gasteiger partial charge in [0.15, 0.2) is 0 Å². The third kappa shape index (κ3) is 3.66. The van der Waals surface area contributed by atoms with Crippen LogP contribution in [0.1, 0.15) is 55.5 Å². The summed E-state index contributed by atoms with van der Waals surface area (Å²) in [6.07, 6.45) is 2.28. The number of carbonyl (C=O) groups excluding carboxylic acids is 3. The third-order valence-corrected chi connectivity index (χ3v) is 5.50. The van der Waals surface area contributed by atoms with Gasteiger partial charge < -0.3 is 5.32 Å². The summed E-state index contributed by atoms with van der Waals surface area (Å²) < 4.78 is 0. The molecule has 7 heteroatoms. The first-order valence-corrected chi connectivity index (χ1v) is 9.68. The zero-order chi connectivity index (χ0) is 19.7.